The molecule has 0 unspecified atom stereocenters. The van der Waals surface area contributed by atoms with Gasteiger partial charge < -0.3 is 8.94 Å². The van der Waals surface area contributed by atoms with Crippen molar-refractivity contribution in [2.45, 2.75) is 27.7 Å². The second kappa shape index (κ2) is 5.70. The summed E-state index contributed by atoms with van der Waals surface area (Å²) in [5.74, 6) is 1.49. The molecular weight excluding hydrogens is 318 g/mol. The summed E-state index contributed by atoms with van der Waals surface area (Å²) in [6.07, 6.45) is 0. The van der Waals surface area contributed by atoms with E-state index in [0.717, 1.165) is 33.9 Å². The molecule has 7 nitrogen and oxygen atoms in total. The third-order valence-electron chi connectivity index (χ3n) is 4.18. The number of hydrogen-bond acceptors (Lipinski definition) is 6. The van der Waals surface area contributed by atoms with Crippen molar-refractivity contribution in [2.24, 2.45) is 0 Å². The molecule has 7 heteroatoms. The Labute approximate surface area is 144 Å². The van der Waals surface area contributed by atoms with Gasteiger partial charge in [-0.1, -0.05) is 23.4 Å². The lowest BCUT2D eigenvalue weighted by Gasteiger charge is -2.03. The maximum Gasteiger partial charge on any atom is 0.253 e. The fraction of sp³-hybridized carbons (Fsp3) is 0.222. The zero-order valence-electron chi connectivity index (χ0n) is 14.4. The van der Waals surface area contributed by atoms with Crippen molar-refractivity contribution in [1.82, 2.24) is 25.1 Å². The normalized spacial score (nSPS) is 11.2. The molecule has 0 spiro atoms. The van der Waals surface area contributed by atoms with Crippen LogP contribution in [0.4, 0.5) is 0 Å². The van der Waals surface area contributed by atoms with Crippen LogP contribution in [0.5, 0.6) is 0 Å². The monoisotopic (exact) mass is 335 g/mol. The Morgan fingerprint density at radius 3 is 2.16 bits per heavy atom. The third-order valence-corrected chi connectivity index (χ3v) is 4.18. The first-order valence-electron chi connectivity index (χ1n) is 7.95. The Balaban J connectivity index is 1.81. The molecule has 0 atom stereocenters. The van der Waals surface area contributed by atoms with Gasteiger partial charge in [0.1, 0.15) is 11.3 Å². The van der Waals surface area contributed by atoms with Crippen molar-refractivity contribution in [3.63, 3.8) is 0 Å². The molecule has 0 saturated carbocycles. The standard InChI is InChI=1S/C18H17N5O2/c1-10-15(12(3)23(21-10)14-8-6-5-7-9-14)17-19-20-18(24-17)16-11(2)22-25-13(16)4/h5-9H,1-4H3. The van der Waals surface area contributed by atoms with Crippen LogP contribution < -0.4 is 0 Å². The van der Waals surface area contributed by atoms with Crippen molar-refractivity contribution < 1.29 is 8.94 Å². The van der Waals surface area contributed by atoms with Crippen molar-refractivity contribution >= 4 is 0 Å². The average molecular weight is 335 g/mol. The Bertz CT molecular complexity index is 1020. The number of aryl methyl sites for hydroxylation is 3. The van der Waals surface area contributed by atoms with Crippen molar-refractivity contribution in [1.29, 1.82) is 0 Å². The SMILES string of the molecule is Cc1noc(C)c1-c1nnc(-c2c(C)nn(-c3ccccc3)c2C)o1. The van der Waals surface area contributed by atoms with E-state index in [2.05, 4.69) is 20.5 Å². The summed E-state index contributed by atoms with van der Waals surface area (Å²) in [7, 11) is 0. The smallest absolute Gasteiger partial charge is 0.253 e. The van der Waals surface area contributed by atoms with Gasteiger partial charge in [-0.25, -0.2) is 4.68 Å². The van der Waals surface area contributed by atoms with Gasteiger partial charge in [0.15, 0.2) is 0 Å². The Hall–Kier alpha value is -3.22. The number of benzene rings is 1. The zero-order chi connectivity index (χ0) is 17.6. The number of rotatable bonds is 3. The number of para-hydroxylation sites is 1. The maximum atomic E-state index is 5.91. The maximum absolute atomic E-state index is 5.91. The number of aromatic nitrogens is 5. The number of hydrogen-bond donors (Lipinski definition) is 0. The molecule has 0 radical (unpaired) electrons. The van der Waals surface area contributed by atoms with E-state index in [1.54, 1.807) is 0 Å². The van der Waals surface area contributed by atoms with Crippen molar-refractivity contribution in [2.75, 3.05) is 0 Å². The van der Waals surface area contributed by atoms with Crippen molar-refractivity contribution in [3.05, 3.63) is 53.2 Å². The molecule has 0 bridgehead atoms. The van der Waals surface area contributed by atoms with E-state index in [1.165, 1.54) is 0 Å². The van der Waals surface area contributed by atoms with E-state index in [0.29, 0.717) is 17.5 Å². The van der Waals surface area contributed by atoms with Crippen LogP contribution in [-0.4, -0.2) is 25.1 Å². The predicted molar refractivity (Wildman–Crippen MR) is 91.3 cm³/mol. The van der Waals surface area contributed by atoms with Crippen LogP contribution in [0.15, 0.2) is 39.3 Å². The van der Waals surface area contributed by atoms with E-state index < -0.39 is 0 Å². The molecule has 0 saturated heterocycles. The third kappa shape index (κ3) is 2.44. The van der Waals surface area contributed by atoms with E-state index in [4.69, 9.17) is 8.94 Å². The fourth-order valence-electron chi connectivity index (χ4n) is 2.99. The molecule has 0 N–H and O–H groups in total. The Morgan fingerprint density at radius 1 is 0.840 bits per heavy atom. The first kappa shape index (κ1) is 15.3. The summed E-state index contributed by atoms with van der Waals surface area (Å²) in [5, 5.41) is 16.9. The molecule has 3 heterocycles. The van der Waals surface area contributed by atoms with Crippen LogP contribution in [0.25, 0.3) is 28.6 Å². The molecule has 0 aliphatic carbocycles. The summed E-state index contributed by atoms with van der Waals surface area (Å²) in [6.45, 7) is 7.59. The minimum atomic E-state index is 0.400. The van der Waals surface area contributed by atoms with Crippen LogP contribution >= 0.6 is 0 Å². The lowest BCUT2D eigenvalue weighted by molar-refractivity contribution is 0.393. The molecule has 126 valence electrons. The molecule has 25 heavy (non-hydrogen) atoms. The van der Waals surface area contributed by atoms with Gasteiger partial charge in [-0.15, -0.1) is 10.2 Å². The fourth-order valence-corrected chi connectivity index (χ4v) is 2.99. The molecule has 0 amide bonds. The average Bonchev–Trinajstić information content (AvgIpc) is 3.27. The molecule has 4 rings (SSSR count). The quantitative estimate of drug-likeness (QED) is 0.566. The number of nitrogens with zero attached hydrogens (tertiary/aromatic N) is 5. The van der Waals surface area contributed by atoms with E-state index in [-0.39, 0.29) is 0 Å². The Morgan fingerprint density at radius 2 is 1.52 bits per heavy atom. The summed E-state index contributed by atoms with van der Waals surface area (Å²) < 4.78 is 13.0. The topological polar surface area (TPSA) is 82.8 Å². The predicted octanol–water partition coefficient (Wildman–Crippen LogP) is 3.81. The first-order valence-corrected chi connectivity index (χ1v) is 7.95. The summed E-state index contributed by atoms with van der Waals surface area (Å²) in [6, 6.07) is 9.95. The Kier molecular flexibility index (Phi) is 3.49. The van der Waals surface area contributed by atoms with Gasteiger partial charge in [-0.05, 0) is 39.8 Å². The van der Waals surface area contributed by atoms with Crippen LogP contribution in [0.2, 0.25) is 0 Å². The van der Waals surface area contributed by atoms with E-state index in [9.17, 15) is 0 Å². The highest BCUT2D eigenvalue weighted by atomic mass is 16.5. The van der Waals surface area contributed by atoms with Crippen LogP contribution in [-0.2, 0) is 0 Å². The minimum Gasteiger partial charge on any atom is -0.416 e. The molecular formula is C18H17N5O2. The lowest BCUT2D eigenvalue weighted by atomic mass is 10.2. The first-order chi connectivity index (χ1) is 12.1. The van der Waals surface area contributed by atoms with Crippen LogP contribution in [0, 0.1) is 27.7 Å². The van der Waals surface area contributed by atoms with Crippen LogP contribution in [0.1, 0.15) is 22.8 Å². The van der Waals surface area contributed by atoms with Crippen LogP contribution in [0.3, 0.4) is 0 Å². The van der Waals surface area contributed by atoms with Gasteiger partial charge in [-0.2, -0.15) is 5.10 Å². The highest BCUT2D eigenvalue weighted by Gasteiger charge is 2.23. The second-order valence-corrected chi connectivity index (χ2v) is 5.90. The highest BCUT2D eigenvalue weighted by molar-refractivity contribution is 5.64. The van der Waals surface area contributed by atoms with Gasteiger partial charge in [0.05, 0.1) is 28.3 Å². The summed E-state index contributed by atoms with van der Waals surface area (Å²) in [4.78, 5) is 0. The van der Waals surface area contributed by atoms with Gasteiger partial charge in [0.25, 0.3) is 11.8 Å². The summed E-state index contributed by atoms with van der Waals surface area (Å²) in [5.41, 5.74) is 5.06. The molecule has 0 aliphatic rings. The summed E-state index contributed by atoms with van der Waals surface area (Å²) >= 11 is 0. The minimum absolute atomic E-state index is 0.400. The molecule has 4 aromatic rings. The zero-order valence-corrected chi connectivity index (χ0v) is 14.4. The highest BCUT2D eigenvalue weighted by Crippen LogP contribution is 2.32. The molecule has 0 aliphatic heterocycles. The molecule has 3 aromatic heterocycles. The van der Waals surface area contributed by atoms with Gasteiger partial charge in [0.2, 0.25) is 0 Å². The van der Waals surface area contributed by atoms with Gasteiger partial charge in [0, 0.05) is 0 Å². The van der Waals surface area contributed by atoms with E-state index >= 15 is 0 Å². The second-order valence-electron chi connectivity index (χ2n) is 5.90. The largest absolute Gasteiger partial charge is 0.416 e. The lowest BCUT2D eigenvalue weighted by Crippen LogP contribution is -1.98. The van der Waals surface area contributed by atoms with Crippen molar-refractivity contribution in [3.8, 4) is 28.6 Å². The molecule has 1 aromatic carbocycles. The van der Waals surface area contributed by atoms with Gasteiger partial charge in [-0.3, -0.25) is 0 Å². The van der Waals surface area contributed by atoms with E-state index in [1.807, 2.05) is 62.7 Å². The van der Waals surface area contributed by atoms with Gasteiger partial charge >= 0.3 is 0 Å². The molecule has 0 fully saturated rings.